The molecule has 0 bridgehead atoms. The molecule has 0 saturated heterocycles. The largest absolute Gasteiger partial charge is 0.504 e. The minimum absolute atomic E-state index is 0.0190. The number of fused-ring (bicyclic) bond motifs is 1. The summed E-state index contributed by atoms with van der Waals surface area (Å²) in [4.78, 5) is 17.1. The van der Waals surface area contributed by atoms with E-state index in [-0.39, 0.29) is 11.4 Å². The number of rotatable bonds is 3. The lowest BCUT2D eigenvalue weighted by Crippen LogP contribution is -2.21. The van der Waals surface area contributed by atoms with Gasteiger partial charge in [0.2, 0.25) is 0 Å². The number of hydrogen-bond acceptors (Lipinski definition) is 6. The number of hydrogen-bond donors (Lipinski definition) is 3. The summed E-state index contributed by atoms with van der Waals surface area (Å²) in [5.41, 5.74) is 0.809. The second-order valence-corrected chi connectivity index (χ2v) is 6.23. The third-order valence-electron chi connectivity index (χ3n) is 3.36. The maximum absolute atomic E-state index is 13.9. The Morgan fingerprint density at radius 2 is 1.86 bits per heavy atom. The van der Waals surface area contributed by atoms with Gasteiger partial charge in [0.05, 0.1) is 18.3 Å². The number of nitrogens with zero attached hydrogens (tertiary/aromatic N) is 2. The van der Waals surface area contributed by atoms with Crippen molar-refractivity contribution in [2.45, 2.75) is 6.18 Å². The lowest BCUT2D eigenvalue weighted by molar-refractivity contribution is -0.192. The molecule has 0 fully saturated rings. The highest BCUT2D eigenvalue weighted by molar-refractivity contribution is 9.10. The number of carbonyl (C=O) groups is 1. The van der Waals surface area contributed by atoms with Gasteiger partial charge in [-0.1, -0.05) is 15.9 Å². The van der Waals surface area contributed by atoms with Crippen LogP contribution < -0.4 is 10.1 Å². The quantitative estimate of drug-likeness (QED) is 0.472. The van der Waals surface area contributed by atoms with E-state index in [1.165, 1.54) is 25.6 Å². The normalized spacial score (nSPS) is 10.8. The van der Waals surface area contributed by atoms with Crippen molar-refractivity contribution >= 4 is 44.3 Å². The average molecular weight is 478 g/mol. The minimum Gasteiger partial charge on any atom is -0.504 e. The molecule has 0 atom stereocenters. The molecule has 0 saturated carbocycles. The third-order valence-corrected chi connectivity index (χ3v) is 3.86. The molecule has 1 heterocycles. The first-order valence-corrected chi connectivity index (χ1v) is 8.36. The van der Waals surface area contributed by atoms with Crippen molar-refractivity contribution in [1.29, 1.82) is 0 Å². The molecule has 3 aromatic rings. The van der Waals surface area contributed by atoms with Crippen LogP contribution in [0.15, 0.2) is 41.1 Å². The maximum Gasteiger partial charge on any atom is 0.490 e. The van der Waals surface area contributed by atoms with Gasteiger partial charge < -0.3 is 20.3 Å². The van der Waals surface area contributed by atoms with E-state index in [4.69, 9.17) is 14.6 Å². The lowest BCUT2D eigenvalue weighted by Gasteiger charge is -2.11. The minimum atomic E-state index is -5.08. The standard InChI is InChI=1S/C15H11BrFN3O2.C2HF3O2/c1-22-14-5-9-12(6-13(14)21)18-7-19-15(9)20-11-3-2-8(16)4-10(11)17;3-2(4,5)1(6)7/h2-7,21H,1H3,(H,18,19,20);(H,6,7). The number of phenols is 1. The van der Waals surface area contributed by atoms with Crippen molar-refractivity contribution in [1.82, 2.24) is 9.97 Å². The summed E-state index contributed by atoms with van der Waals surface area (Å²) < 4.78 is 51.4. The number of alkyl halides is 3. The van der Waals surface area contributed by atoms with Crippen molar-refractivity contribution in [2.75, 3.05) is 12.4 Å². The molecule has 2 aromatic carbocycles. The van der Waals surface area contributed by atoms with Crippen LogP contribution in [-0.2, 0) is 4.79 Å². The summed E-state index contributed by atoms with van der Waals surface area (Å²) in [5.74, 6) is -2.47. The Labute approximate surface area is 169 Å². The van der Waals surface area contributed by atoms with E-state index in [2.05, 4.69) is 31.2 Å². The number of nitrogens with one attached hydrogen (secondary N) is 1. The summed E-state index contributed by atoms with van der Waals surface area (Å²) >= 11 is 3.21. The summed E-state index contributed by atoms with van der Waals surface area (Å²) in [5, 5.41) is 20.5. The summed E-state index contributed by atoms with van der Waals surface area (Å²) in [6.07, 6.45) is -3.74. The average Bonchev–Trinajstić information content (AvgIpc) is 2.63. The first-order valence-electron chi connectivity index (χ1n) is 7.56. The molecule has 29 heavy (non-hydrogen) atoms. The third kappa shape index (κ3) is 5.67. The SMILES string of the molecule is COc1cc2c(Nc3ccc(Br)cc3F)ncnc2cc1O.O=C(O)C(F)(F)F. The fraction of sp³-hybridized carbons (Fsp3) is 0.118. The number of carboxylic acid groups (broad SMARTS) is 1. The number of methoxy groups -OCH3 is 1. The van der Waals surface area contributed by atoms with E-state index in [1.54, 1.807) is 18.2 Å². The first-order chi connectivity index (χ1) is 13.5. The molecule has 7 nitrogen and oxygen atoms in total. The fourth-order valence-electron chi connectivity index (χ4n) is 2.05. The Morgan fingerprint density at radius 3 is 2.41 bits per heavy atom. The lowest BCUT2D eigenvalue weighted by atomic mass is 10.2. The van der Waals surface area contributed by atoms with Gasteiger partial charge in [0, 0.05) is 15.9 Å². The summed E-state index contributed by atoms with van der Waals surface area (Å²) in [6, 6.07) is 7.76. The molecule has 1 aromatic heterocycles. The summed E-state index contributed by atoms with van der Waals surface area (Å²) in [6.45, 7) is 0. The van der Waals surface area contributed by atoms with Crippen LogP contribution in [0.1, 0.15) is 0 Å². The van der Waals surface area contributed by atoms with Gasteiger partial charge in [-0.3, -0.25) is 0 Å². The molecule has 0 radical (unpaired) electrons. The van der Waals surface area contributed by atoms with Crippen molar-refractivity contribution < 1.29 is 37.3 Å². The van der Waals surface area contributed by atoms with Crippen molar-refractivity contribution in [2.24, 2.45) is 0 Å². The highest BCUT2D eigenvalue weighted by Crippen LogP contribution is 2.34. The second-order valence-electron chi connectivity index (χ2n) is 5.32. The number of halogens is 5. The van der Waals surface area contributed by atoms with Crippen LogP contribution in [-0.4, -0.2) is 39.4 Å². The van der Waals surface area contributed by atoms with Crippen molar-refractivity contribution in [3.05, 3.63) is 46.9 Å². The molecule has 0 unspecified atom stereocenters. The Morgan fingerprint density at radius 1 is 1.21 bits per heavy atom. The number of benzene rings is 2. The second kappa shape index (κ2) is 8.90. The number of carboxylic acids is 1. The first kappa shape index (κ1) is 22.1. The zero-order valence-corrected chi connectivity index (χ0v) is 16.0. The molecule has 0 aliphatic rings. The van der Waals surface area contributed by atoms with Crippen LogP contribution in [0.5, 0.6) is 11.5 Å². The van der Waals surface area contributed by atoms with E-state index < -0.39 is 18.0 Å². The number of phenolic OH excluding ortho intramolecular Hbond substituents is 1. The van der Waals surface area contributed by atoms with Crippen LogP contribution in [0, 0.1) is 5.82 Å². The van der Waals surface area contributed by atoms with Gasteiger partial charge in [0.25, 0.3) is 0 Å². The predicted molar refractivity (Wildman–Crippen MR) is 98.8 cm³/mol. The van der Waals surface area contributed by atoms with Crippen molar-refractivity contribution in [3.8, 4) is 11.5 Å². The van der Waals surface area contributed by atoms with Crippen LogP contribution in [0.2, 0.25) is 0 Å². The van der Waals surface area contributed by atoms with Gasteiger partial charge in [-0.15, -0.1) is 0 Å². The molecule has 12 heteroatoms. The van der Waals surface area contributed by atoms with Crippen LogP contribution in [0.25, 0.3) is 10.9 Å². The van der Waals surface area contributed by atoms with Gasteiger partial charge in [0.15, 0.2) is 11.5 Å². The van der Waals surface area contributed by atoms with E-state index in [0.717, 1.165) is 0 Å². The monoisotopic (exact) mass is 477 g/mol. The smallest absolute Gasteiger partial charge is 0.490 e. The van der Waals surface area contributed by atoms with E-state index in [9.17, 15) is 22.7 Å². The number of aromatic nitrogens is 2. The number of aliphatic carboxylic acids is 1. The molecular weight excluding hydrogens is 466 g/mol. The van der Waals surface area contributed by atoms with Crippen LogP contribution in [0.3, 0.4) is 0 Å². The number of aromatic hydroxyl groups is 1. The van der Waals surface area contributed by atoms with E-state index in [0.29, 0.717) is 26.9 Å². The zero-order valence-electron chi connectivity index (χ0n) is 14.5. The van der Waals surface area contributed by atoms with Gasteiger partial charge in [-0.05, 0) is 24.3 Å². The van der Waals surface area contributed by atoms with Gasteiger partial charge in [-0.25, -0.2) is 19.2 Å². The molecule has 3 N–H and O–H groups in total. The summed E-state index contributed by atoms with van der Waals surface area (Å²) in [7, 11) is 1.45. The molecular formula is C17H12BrF4N3O4. The fourth-order valence-corrected chi connectivity index (χ4v) is 2.39. The molecule has 3 rings (SSSR count). The highest BCUT2D eigenvalue weighted by Gasteiger charge is 2.38. The number of anilines is 2. The Hall–Kier alpha value is -3.15. The van der Waals surface area contributed by atoms with Crippen molar-refractivity contribution in [3.63, 3.8) is 0 Å². The molecule has 154 valence electrons. The molecule has 0 aliphatic carbocycles. The Bertz CT molecular complexity index is 1050. The predicted octanol–water partition coefficient (Wildman–Crippen LogP) is 4.62. The number of ether oxygens (including phenoxy) is 1. The van der Waals surface area contributed by atoms with Crippen LogP contribution in [0.4, 0.5) is 29.1 Å². The molecule has 0 aliphatic heterocycles. The van der Waals surface area contributed by atoms with Gasteiger partial charge >= 0.3 is 12.1 Å². The topological polar surface area (TPSA) is 105 Å². The molecule has 0 spiro atoms. The maximum atomic E-state index is 13.9. The Balaban J connectivity index is 0.000000370. The van der Waals surface area contributed by atoms with Gasteiger partial charge in [0.1, 0.15) is 18.0 Å². The van der Waals surface area contributed by atoms with Gasteiger partial charge in [-0.2, -0.15) is 13.2 Å². The van der Waals surface area contributed by atoms with E-state index >= 15 is 0 Å². The van der Waals surface area contributed by atoms with Crippen LogP contribution >= 0.6 is 15.9 Å². The zero-order chi connectivity index (χ0) is 21.8. The highest BCUT2D eigenvalue weighted by atomic mass is 79.9. The van der Waals surface area contributed by atoms with E-state index in [1.807, 2.05) is 0 Å². The Kier molecular flexibility index (Phi) is 6.80. The molecule has 0 amide bonds.